The fourth-order valence-electron chi connectivity index (χ4n) is 1.66. The van der Waals surface area contributed by atoms with E-state index < -0.39 is 0 Å². The van der Waals surface area contributed by atoms with E-state index in [1.54, 1.807) is 0 Å². The van der Waals surface area contributed by atoms with Crippen molar-refractivity contribution in [2.75, 3.05) is 0 Å². The highest BCUT2D eigenvalue weighted by Crippen LogP contribution is 2.57. The van der Waals surface area contributed by atoms with Crippen molar-refractivity contribution in [1.29, 1.82) is 0 Å². The summed E-state index contributed by atoms with van der Waals surface area (Å²) in [6, 6.07) is 0. The molecule has 0 unspecified atom stereocenters. The molecular weight excluding hydrogens is 136 g/mol. The molecule has 0 radical (unpaired) electrons. The molecule has 0 amide bonds. The van der Waals surface area contributed by atoms with Gasteiger partial charge >= 0.3 is 0 Å². The second-order valence-corrected chi connectivity index (χ2v) is 4.25. The lowest BCUT2D eigenvalue weighted by atomic mass is 10.1. The molecule has 0 saturated heterocycles. The van der Waals surface area contributed by atoms with Crippen molar-refractivity contribution < 1.29 is 4.79 Å². The molecule has 62 valence electrons. The molecule has 1 nitrogen and oxygen atoms in total. The van der Waals surface area contributed by atoms with Crippen LogP contribution in [0.25, 0.3) is 0 Å². The van der Waals surface area contributed by atoms with E-state index in [2.05, 4.69) is 33.8 Å². The highest BCUT2D eigenvalue weighted by Gasteiger charge is 2.56. The molecule has 2 atom stereocenters. The number of allylic oxidation sites excluding steroid dienone is 2. The SMILES string of the molecule is CC(C)=C[C@@H]1[C@H](C=O)C1(C)C. The van der Waals surface area contributed by atoms with E-state index in [0.29, 0.717) is 5.92 Å². The molecule has 0 aromatic carbocycles. The topological polar surface area (TPSA) is 17.1 Å². The molecular formula is C10H16O. The normalized spacial score (nSPS) is 32.7. The highest BCUT2D eigenvalue weighted by atomic mass is 16.1. The Labute approximate surface area is 68.5 Å². The second-order valence-electron chi connectivity index (χ2n) is 4.25. The molecule has 1 saturated carbocycles. The lowest BCUT2D eigenvalue weighted by Gasteiger charge is -1.96. The zero-order chi connectivity index (χ0) is 8.65. The van der Waals surface area contributed by atoms with Crippen LogP contribution in [-0.2, 0) is 4.79 Å². The first kappa shape index (κ1) is 8.51. The molecule has 1 aliphatic carbocycles. The average molecular weight is 152 g/mol. The van der Waals surface area contributed by atoms with Gasteiger partial charge in [0.2, 0.25) is 0 Å². The van der Waals surface area contributed by atoms with E-state index >= 15 is 0 Å². The number of rotatable bonds is 2. The quantitative estimate of drug-likeness (QED) is 0.438. The summed E-state index contributed by atoms with van der Waals surface area (Å²) in [6.07, 6.45) is 3.29. The first-order chi connectivity index (χ1) is 5.00. The van der Waals surface area contributed by atoms with Gasteiger partial charge in [-0.3, -0.25) is 0 Å². The van der Waals surface area contributed by atoms with Gasteiger partial charge in [-0.2, -0.15) is 0 Å². The fourth-order valence-corrected chi connectivity index (χ4v) is 1.66. The third kappa shape index (κ3) is 1.37. The Bertz CT molecular complexity index is 197. The average Bonchev–Trinajstić information content (AvgIpc) is 2.33. The van der Waals surface area contributed by atoms with E-state index in [0.717, 1.165) is 6.29 Å². The summed E-state index contributed by atoms with van der Waals surface area (Å²) in [5, 5.41) is 0. The Morgan fingerprint density at radius 3 is 2.09 bits per heavy atom. The number of hydrogen-bond acceptors (Lipinski definition) is 1. The van der Waals surface area contributed by atoms with Gasteiger partial charge in [0.25, 0.3) is 0 Å². The number of aldehydes is 1. The summed E-state index contributed by atoms with van der Waals surface area (Å²) in [4.78, 5) is 10.5. The number of hydrogen-bond donors (Lipinski definition) is 0. The van der Waals surface area contributed by atoms with E-state index in [9.17, 15) is 4.79 Å². The van der Waals surface area contributed by atoms with Crippen LogP contribution < -0.4 is 0 Å². The Balaban J connectivity index is 2.67. The smallest absolute Gasteiger partial charge is 0.124 e. The molecule has 1 aliphatic rings. The lowest BCUT2D eigenvalue weighted by Crippen LogP contribution is -1.89. The summed E-state index contributed by atoms with van der Waals surface area (Å²) in [7, 11) is 0. The van der Waals surface area contributed by atoms with Gasteiger partial charge in [0, 0.05) is 5.92 Å². The lowest BCUT2D eigenvalue weighted by molar-refractivity contribution is -0.109. The second kappa shape index (κ2) is 2.47. The largest absolute Gasteiger partial charge is 0.303 e. The summed E-state index contributed by atoms with van der Waals surface area (Å²) in [5.74, 6) is 0.752. The third-order valence-corrected chi connectivity index (χ3v) is 2.66. The van der Waals surface area contributed by atoms with Crippen LogP contribution in [0, 0.1) is 17.3 Å². The molecule has 0 aromatic heterocycles. The monoisotopic (exact) mass is 152 g/mol. The van der Waals surface area contributed by atoms with Crippen LogP contribution in [0.4, 0.5) is 0 Å². The zero-order valence-corrected chi connectivity index (χ0v) is 7.72. The minimum Gasteiger partial charge on any atom is -0.303 e. The molecule has 0 spiro atoms. The van der Waals surface area contributed by atoms with Crippen LogP contribution in [0.1, 0.15) is 27.7 Å². The van der Waals surface area contributed by atoms with E-state index in [4.69, 9.17) is 0 Å². The Morgan fingerprint density at radius 2 is 1.82 bits per heavy atom. The van der Waals surface area contributed by atoms with Crippen molar-refractivity contribution in [2.45, 2.75) is 27.7 Å². The van der Waals surface area contributed by atoms with Gasteiger partial charge in [0.1, 0.15) is 6.29 Å². The molecule has 0 bridgehead atoms. The first-order valence-corrected chi connectivity index (χ1v) is 4.10. The molecule has 0 aromatic rings. The summed E-state index contributed by atoms with van der Waals surface area (Å²) < 4.78 is 0. The molecule has 0 aliphatic heterocycles. The maximum Gasteiger partial charge on any atom is 0.124 e. The van der Waals surface area contributed by atoms with E-state index in [1.807, 2.05) is 0 Å². The van der Waals surface area contributed by atoms with Gasteiger partial charge in [0.15, 0.2) is 0 Å². The van der Waals surface area contributed by atoms with Crippen LogP contribution in [0.3, 0.4) is 0 Å². The Kier molecular flexibility index (Phi) is 1.91. The van der Waals surface area contributed by atoms with E-state index in [-0.39, 0.29) is 11.3 Å². The predicted molar refractivity (Wildman–Crippen MR) is 46.3 cm³/mol. The molecule has 0 heterocycles. The summed E-state index contributed by atoms with van der Waals surface area (Å²) in [6.45, 7) is 8.46. The summed E-state index contributed by atoms with van der Waals surface area (Å²) in [5.41, 5.74) is 1.53. The van der Waals surface area contributed by atoms with Crippen molar-refractivity contribution in [1.82, 2.24) is 0 Å². The summed E-state index contributed by atoms with van der Waals surface area (Å²) >= 11 is 0. The molecule has 0 N–H and O–H groups in total. The molecule has 1 rings (SSSR count). The van der Waals surface area contributed by atoms with Crippen molar-refractivity contribution in [2.24, 2.45) is 17.3 Å². The molecule has 1 fully saturated rings. The van der Waals surface area contributed by atoms with Crippen molar-refractivity contribution >= 4 is 6.29 Å². The van der Waals surface area contributed by atoms with Crippen LogP contribution in [0.5, 0.6) is 0 Å². The minimum absolute atomic E-state index is 0.221. The Morgan fingerprint density at radius 1 is 1.27 bits per heavy atom. The van der Waals surface area contributed by atoms with Crippen LogP contribution >= 0.6 is 0 Å². The van der Waals surface area contributed by atoms with E-state index in [1.165, 1.54) is 5.57 Å². The van der Waals surface area contributed by atoms with Gasteiger partial charge < -0.3 is 4.79 Å². The van der Waals surface area contributed by atoms with Crippen molar-refractivity contribution in [3.63, 3.8) is 0 Å². The van der Waals surface area contributed by atoms with Crippen LogP contribution in [0.2, 0.25) is 0 Å². The van der Waals surface area contributed by atoms with Gasteiger partial charge in [-0.1, -0.05) is 25.5 Å². The maximum atomic E-state index is 10.5. The fraction of sp³-hybridized carbons (Fsp3) is 0.700. The molecule has 1 heteroatoms. The van der Waals surface area contributed by atoms with Gasteiger partial charge in [0.05, 0.1) is 0 Å². The van der Waals surface area contributed by atoms with Crippen molar-refractivity contribution in [3.05, 3.63) is 11.6 Å². The standard InChI is InChI=1S/C10H16O/c1-7(2)5-8-9(6-11)10(8,3)4/h5-6,8-9H,1-4H3/t8-,9+/m1/s1. The predicted octanol–water partition coefficient (Wildman–Crippen LogP) is 2.42. The minimum atomic E-state index is 0.221. The molecule has 11 heavy (non-hydrogen) atoms. The van der Waals surface area contributed by atoms with Gasteiger partial charge in [-0.25, -0.2) is 0 Å². The number of carbonyl (C=O) groups excluding carboxylic acids is 1. The third-order valence-electron chi connectivity index (χ3n) is 2.66. The van der Waals surface area contributed by atoms with Crippen LogP contribution in [0.15, 0.2) is 11.6 Å². The van der Waals surface area contributed by atoms with Gasteiger partial charge in [-0.15, -0.1) is 0 Å². The maximum absolute atomic E-state index is 10.5. The van der Waals surface area contributed by atoms with Crippen LogP contribution in [-0.4, -0.2) is 6.29 Å². The zero-order valence-electron chi connectivity index (χ0n) is 7.72. The van der Waals surface area contributed by atoms with Gasteiger partial charge in [-0.05, 0) is 25.2 Å². The number of carbonyl (C=O) groups is 1. The first-order valence-electron chi connectivity index (χ1n) is 4.10. The Hall–Kier alpha value is -0.590. The van der Waals surface area contributed by atoms with Crippen molar-refractivity contribution in [3.8, 4) is 0 Å². The highest BCUT2D eigenvalue weighted by molar-refractivity contribution is 5.62.